The van der Waals surface area contributed by atoms with Crippen LogP contribution in [-0.2, 0) is 0 Å². The van der Waals surface area contributed by atoms with Gasteiger partial charge in [0.1, 0.15) is 0 Å². The van der Waals surface area contributed by atoms with E-state index in [4.69, 9.17) is 5.11 Å². The second-order valence-corrected chi connectivity index (χ2v) is 3.80. The molecular formula is C11H14OS. The third kappa shape index (κ3) is 3.25. The van der Waals surface area contributed by atoms with E-state index < -0.39 is 0 Å². The van der Waals surface area contributed by atoms with Crippen molar-refractivity contribution in [2.24, 2.45) is 0 Å². The first-order chi connectivity index (χ1) is 6.26. The molecule has 0 aliphatic carbocycles. The van der Waals surface area contributed by atoms with Gasteiger partial charge in [-0.05, 0) is 36.4 Å². The predicted molar refractivity (Wildman–Crippen MR) is 59.0 cm³/mol. The monoisotopic (exact) mass is 194 g/mol. The van der Waals surface area contributed by atoms with Crippen molar-refractivity contribution >= 4 is 17.8 Å². The highest BCUT2D eigenvalue weighted by atomic mass is 32.2. The number of hydrogen-bond donors (Lipinski definition) is 1. The molecule has 0 unspecified atom stereocenters. The quantitative estimate of drug-likeness (QED) is 0.747. The summed E-state index contributed by atoms with van der Waals surface area (Å²) in [6.45, 7) is 2.05. The third-order valence-corrected chi connectivity index (χ3v) is 2.52. The lowest BCUT2D eigenvalue weighted by molar-refractivity contribution is 0.332. The molecule has 1 rings (SSSR count). The van der Waals surface area contributed by atoms with Crippen molar-refractivity contribution < 1.29 is 5.11 Å². The maximum Gasteiger partial charge on any atom is 0.0642 e. The van der Waals surface area contributed by atoms with Crippen molar-refractivity contribution in [3.05, 3.63) is 35.4 Å². The van der Waals surface area contributed by atoms with Crippen LogP contribution in [0.15, 0.2) is 34.7 Å². The Bertz CT molecular complexity index is 287. The van der Waals surface area contributed by atoms with E-state index in [-0.39, 0.29) is 6.61 Å². The molecule has 0 radical (unpaired) electrons. The Kier molecular flexibility index (Phi) is 4.06. The van der Waals surface area contributed by atoms with Gasteiger partial charge in [-0.1, -0.05) is 18.2 Å². The number of thioether (sulfide) groups is 1. The van der Waals surface area contributed by atoms with Gasteiger partial charge in [0.25, 0.3) is 0 Å². The van der Waals surface area contributed by atoms with Crippen LogP contribution < -0.4 is 0 Å². The first-order valence-corrected chi connectivity index (χ1v) is 5.41. The fourth-order valence-corrected chi connectivity index (χ4v) is 1.44. The van der Waals surface area contributed by atoms with E-state index in [0.29, 0.717) is 0 Å². The fraction of sp³-hybridized carbons (Fsp3) is 0.273. The molecule has 0 heterocycles. The highest BCUT2D eigenvalue weighted by molar-refractivity contribution is 7.98. The summed E-state index contributed by atoms with van der Waals surface area (Å²) in [6, 6.07) is 8.29. The lowest BCUT2D eigenvalue weighted by Gasteiger charge is -1.98. The van der Waals surface area contributed by atoms with Crippen LogP contribution in [0.2, 0.25) is 0 Å². The summed E-state index contributed by atoms with van der Waals surface area (Å²) in [5.74, 6) is 0. The van der Waals surface area contributed by atoms with E-state index in [1.165, 1.54) is 4.90 Å². The van der Waals surface area contributed by atoms with Crippen molar-refractivity contribution in [2.45, 2.75) is 11.8 Å². The molecule has 13 heavy (non-hydrogen) atoms. The molecule has 0 aromatic heterocycles. The number of benzene rings is 1. The van der Waals surface area contributed by atoms with Crippen molar-refractivity contribution in [1.82, 2.24) is 0 Å². The van der Waals surface area contributed by atoms with Gasteiger partial charge in [0.05, 0.1) is 6.61 Å². The van der Waals surface area contributed by atoms with Gasteiger partial charge in [0.2, 0.25) is 0 Å². The molecular weight excluding hydrogens is 180 g/mol. The number of aliphatic hydroxyl groups excluding tert-OH is 1. The standard InChI is InChI=1S/C11H14OS/c1-9(8-12)7-10-3-5-11(13-2)6-4-10/h3-7,12H,8H2,1-2H3/b9-7-. The lowest BCUT2D eigenvalue weighted by atomic mass is 10.1. The molecule has 1 aromatic rings. The predicted octanol–water partition coefficient (Wildman–Crippen LogP) is 2.80. The minimum atomic E-state index is 0.129. The highest BCUT2D eigenvalue weighted by Crippen LogP contribution is 2.16. The Morgan fingerprint density at radius 1 is 1.38 bits per heavy atom. The number of rotatable bonds is 3. The third-order valence-electron chi connectivity index (χ3n) is 1.78. The molecule has 0 amide bonds. The van der Waals surface area contributed by atoms with Gasteiger partial charge >= 0.3 is 0 Å². The average Bonchev–Trinajstić information content (AvgIpc) is 2.19. The molecule has 1 nitrogen and oxygen atoms in total. The summed E-state index contributed by atoms with van der Waals surface area (Å²) >= 11 is 1.73. The Hall–Kier alpha value is -0.730. The summed E-state index contributed by atoms with van der Waals surface area (Å²) in [6.07, 6.45) is 4.05. The van der Waals surface area contributed by atoms with Crippen LogP contribution in [0.25, 0.3) is 6.08 Å². The molecule has 1 aromatic carbocycles. The summed E-state index contributed by atoms with van der Waals surface area (Å²) in [4.78, 5) is 1.26. The zero-order chi connectivity index (χ0) is 9.68. The van der Waals surface area contributed by atoms with Crippen LogP contribution in [0.5, 0.6) is 0 Å². The SMILES string of the molecule is CSc1ccc(/C=C(/C)CO)cc1. The zero-order valence-corrected chi connectivity index (χ0v) is 8.77. The molecule has 70 valence electrons. The van der Waals surface area contributed by atoms with E-state index in [1.54, 1.807) is 11.8 Å². The average molecular weight is 194 g/mol. The zero-order valence-electron chi connectivity index (χ0n) is 7.95. The Labute approximate surface area is 83.5 Å². The van der Waals surface area contributed by atoms with E-state index >= 15 is 0 Å². The van der Waals surface area contributed by atoms with Gasteiger partial charge < -0.3 is 5.11 Å². The first kappa shape index (κ1) is 10.4. The fourth-order valence-electron chi connectivity index (χ4n) is 1.03. The summed E-state index contributed by atoms with van der Waals surface area (Å²) < 4.78 is 0. The molecule has 0 fully saturated rings. The first-order valence-electron chi connectivity index (χ1n) is 4.18. The van der Waals surface area contributed by atoms with Crippen molar-refractivity contribution in [2.75, 3.05) is 12.9 Å². The molecule has 0 spiro atoms. The lowest BCUT2D eigenvalue weighted by Crippen LogP contribution is -1.83. The largest absolute Gasteiger partial charge is 0.392 e. The van der Waals surface area contributed by atoms with E-state index in [9.17, 15) is 0 Å². The van der Waals surface area contributed by atoms with Gasteiger partial charge in [-0.3, -0.25) is 0 Å². The van der Waals surface area contributed by atoms with Crippen molar-refractivity contribution in [1.29, 1.82) is 0 Å². The Morgan fingerprint density at radius 3 is 2.46 bits per heavy atom. The van der Waals surface area contributed by atoms with Crippen molar-refractivity contribution in [3.63, 3.8) is 0 Å². The number of hydrogen-bond acceptors (Lipinski definition) is 2. The summed E-state index contributed by atoms with van der Waals surface area (Å²) in [7, 11) is 0. The molecule has 0 aliphatic rings. The Morgan fingerprint density at radius 2 is 2.00 bits per heavy atom. The Balaban J connectivity index is 2.80. The van der Waals surface area contributed by atoms with Crippen LogP contribution in [0.1, 0.15) is 12.5 Å². The van der Waals surface area contributed by atoms with Gasteiger partial charge in [0.15, 0.2) is 0 Å². The molecule has 1 N–H and O–H groups in total. The van der Waals surface area contributed by atoms with Crippen molar-refractivity contribution in [3.8, 4) is 0 Å². The van der Waals surface area contributed by atoms with Gasteiger partial charge in [-0.25, -0.2) is 0 Å². The van der Waals surface area contributed by atoms with Gasteiger partial charge in [-0.2, -0.15) is 0 Å². The normalized spacial score (nSPS) is 11.8. The van der Waals surface area contributed by atoms with Crippen LogP contribution in [0, 0.1) is 0 Å². The topological polar surface area (TPSA) is 20.2 Å². The van der Waals surface area contributed by atoms with Gasteiger partial charge in [-0.15, -0.1) is 11.8 Å². The molecule has 2 heteroatoms. The molecule has 0 saturated heterocycles. The highest BCUT2D eigenvalue weighted by Gasteiger charge is 1.91. The maximum absolute atomic E-state index is 8.82. The number of aliphatic hydroxyl groups is 1. The molecule has 0 atom stereocenters. The van der Waals surface area contributed by atoms with Gasteiger partial charge in [0, 0.05) is 4.90 Å². The maximum atomic E-state index is 8.82. The van der Waals surface area contributed by atoms with Crippen LogP contribution >= 0.6 is 11.8 Å². The second kappa shape index (κ2) is 5.10. The summed E-state index contributed by atoms with van der Waals surface area (Å²) in [5, 5.41) is 8.82. The molecule has 0 bridgehead atoms. The van der Waals surface area contributed by atoms with E-state index in [2.05, 4.69) is 30.5 Å². The van der Waals surface area contributed by atoms with E-state index in [0.717, 1.165) is 11.1 Å². The smallest absolute Gasteiger partial charge is 0.0642 e. The van der Waals surface area contributed by atoms with Crippen LogP contribution in [0.4, 0.5) is 0 Å². The van der Waals surface area contributed by atoms with E-state index in [1.807, 2.05) is 13.0 Å². The molecule has 0 saturated carbocycles. The molecule has 0 aliphatic heterocycles. The second-order valence-electron chi connectivity index (χ2n) is 2.92. The van der Waals surface area contributed by atoms with Crippen LogP contribution in [0.3, 0.4) is 0 Å². The summed E-state index contributed by atoms with van der Waals surface area (Å²) in [5.41, 5.74) is 2.13. The van der Waals surface area contributed by atoms with Crippen LogP contribution in [-0.4, -0.2) is 18.0 Å². The minimum absolute atomic E-state index is 0.129. The minimum Gasteiger partial charge on any atom is -0.392 e.